The second-order valence-corrected chi connectivity index (χ2v) is 3.16. The summed E-state index contributed by atoms with van der Waals surface area (Å²) in [6.45, 7) is 2.14. The van der Waals surface area contributed by atoms with E-state index in [-0.39, 0.29) is 0 Å². The minimum atomic E-state index is -0.831. The van der Waals surface area contributed by atoms with Crippen molar-refractivity contribution >= 4 is 5.97 Å². The summed E-state index contributed by atoms with van der Waals surface area (Å²) < 4.78 is 0. The molecular formula is C10H15NO2. The highest BCUT2D eigenvalue weighted by atomic mass is 16.4. The number of nitrogens with one attached hydrogen (secondary N) is 1. The molecule has 1 unspecified atom stereocenters. The molecule has 0 aromatic carbocycles. The highest BCUT2D eigenvalue weighted by Gasteiger charge is 2.14. The molecule has 1 atom stereocenters. The highest BCUT2D eigenvalue weighted by Crippen LogP contribution is 2.11. The lowest BCUT2D eigenvalue weighted by Gasteiger charge is -2.14. The Balaban J connectivity index is 2.40. The summed E-state index contributed by atoms with van der Waals surface area (Å²) >= 11 is 0. The second kappa shape index (κ2) is 4.70. The van der Waals surface area contributed by atoms with Crippen molar-refractivity contribution in [2.45, 2.75) is 32.2 Å². The van der Waals surface area contributed by atoms with Crippen LogP contribution in [0.5, 0.6) is 0 Å². The highest BCUT2D eigenvalue weighted by molar-refractivity contribution is 5.76. The number of dihydropyridines is 1. The number of hydrogen-bond donors (Lipinski definition) is 2. The minimum absolute atomic E-state index is 0.551. The zero-order valence-electron chi connectivity index (χ0n) is 7.79. The maximum atomic E-state index is 10.5. The van der Waals surface area contributed by atoms with Crippen LogP contribution in [0.2, 0.25) is 0 Å². The third-order valence-electron chi connectivity index (χ3n) is 2.04. The van der Waals surface area contributed by atoms with E-state index in [0.717, 1.165) is 19.3 Å². The third kappa shape index (κ3) is 2.93. The van der Waals surface area contributed by atoms with Crippen LogP contribution in [-0.4, -0.2) is 17.1 Å². The molecule has 3 nitrogen and oxygen atoms in total. The van der Waals surface area contributed by atoms with Gasteiger partial charge in [0.2, 0.25) is 0 Å². The number of hydrogen-bond acceptors (Lipinski definition) is 2. The van der Waals surface area contributed by atoms with Crippen LogP contribution in [0.25, 0.3) is 0 Å². The smallest absolute Gasteiger partial charge is 0.330 e. The summed E-state index contributed by atoms with van der Waals surface area (Å²) in [5.41, 5.74) is 1.18. The lowest BCUT2D eigenvalue weighted by Crippen LogP contribution is -2.32. The largest absolute Gasteiger partial charge is 0.479 e. The van der Waals surface area contributed by atoms with Crippen molar-refractivity contribution in [2.75, 3.05) is 0 Å². The van der Waals surface area contributed by atoms with Gasteiger partial charge in [0.05, 0.1) is 0 Å². The van der Waals surface area contributed by atoms with Gasteiger partial charge < -0.3 is 10.4 Å². The predicted octanol–water partition coefficient (Wildman–Crippen LogP) is 1.67. The van der Waals surface area contributed by atoms with E-state index in [2.05, 4.69) is 12.2 Å². The first kappa shape index (κ1) is 9.84. The van der Waals surface area contributed by atoms with Crippen LogP contribution in [0.3, 0.4) is 0 Å². The molecule has 72 valence electrons. The van der Waals surface area contributed by atoms with Gasteiger partial charge in [-0.25, -0.2) is 4.79 Å². The summed E-state index contributed by atoms with van der Waals surface area (Å²) in [4.78, 5) is 10.5. The summed E-state index contributed by atoms with van der Waals surface area (Å²) in [6, 6.07) is -0.551. The van der Waals surface area contributed by atoms with Crippen molar-refractivity contribution in [1.29, 1.82) is 0 Å². The van der Waals surface area contributed by atoms with Gasteiger partial charge in [0.1, 0.15) is 6.04 Å². The lowest BCUT2D eigenvalue weighted by atomic mass is 10.1. The van der Waals surface area contributed by atoms with Crippen LogP contribution in [0.15, 0.2) is 23.9 Å². The fourth-order valence-electron chi connectivity index (χ4n) is 1.21. The Labute approximate surface area is 78.1 Å². The number of aliphatic carboxylic acids is 1. The molecule has 1 aliphatic heterocycles. The van der Waals surface area contributed by atoms with Crippen molar-refractivity contribution in [3.8, 4) is 0 Å². The van der Waals surface area contributed by atoms with E-state index in [1.54, 1.807) is 12.3 Å². The molecule has 0 aliphatic carbocycles. The van der Waals surface area contributed by atoms with Gasteiger partial charge in [-0.15, -0.1) is 0 Å². The van der Waals surface area contributed by atoms with Crippen molar-refractivity contribution in [3.63, 3.8) is 0 Å². The molecule has 0 fully saturated rings. The molecule has 1 rings (SSSR count). The molecule has 2 N–H and O–H groups in total. The van der Waals surface area contributed by atoms with Crippen LogP contribution in [0.4, 0.5) is 0 Å². The number of carboxylic acids is 1. The van der Waals surface area contributed by atoms with Gasteiger partial charge in [-0.05, 0) is 18.4 Å². The maximum Gasteiger partial charge on any atom is 0.330 e. The molecular weight excluding hydrogens is 166 g/mol. The van der Waals surface area contributed by atoms with Gasteiger partial charge in [0.25, 0.3) is 0 Å². The fraction of sp³-hybridized carbons (Fsp3) is 0.500. The Morgan fingerprint density at radius 2 is 2.46 bits per heavy atom. The van der Waals surface area contributed by atoms with Crippen LogP contribution in [-0.2, 0) is 4.79 Å². The summed E-state index contributed by atoms with van der Waals surface area (Å²) in [6.07, 6.45) is 8.71. The first-order valence-electron chi connectivity index (χ1n) is 4.60. The van der Waals surface area contributed by atoms with Crippen LogP contribution in [0.1, 0.15) is 26.2 Å². The zero-order valence-corrected chi connectivity index (χ0v) is 7.79. The average molecular weight is 181 g/mol. The predicted molar refractivity (Wildman–Crippen MR) is 51.3 cm³/mol. The minimum Gasteiger partial charge on any atom is -0.479 e. The Bertz CT molecular complexity index is 243. The first-order valence-corrected chi connectivity index (χ1v) is 4.60. The van der Waals surface area contributed by atoms with Gasteiger partial charge in [0, 0.05) is 6.20 Å². The normalized spacial score (nSPS) is 20.7. The summed E-state index contributed by atoms with van der Waals surface area (Å²) in [5.74, 6) is -0.831. The van der Waals surface area contributed by atoms with Crippen molar-refractivity contribution in [1.82, 2.24) is 5.32 Å². The van der Waals surface area contributed by atoms with E-state index in [1.807, 2.05) is 6.08 Å². The van der Waals surface area contributed by atoms with Crippen molar-refractivity contribution in [2.24, 2.45) is 0 Å². The monoisotopic (exact) mass is 181 g/mol. The van der Waals surface area contributed by atoms with Crippen LogP contribution < -0.4 is 5.32 Å². The van der Waals surface area contributed by atoms with E-state index in [9.17, 15) is 4.79 Å². The molecule has 0 saturated heterocycles. The zero-order chi connectivity index (χ0) is 9.68. The standard InChI is InChI=1S/C10H15NO2/c1-2-3-4-8-5-6-9(10(12)13)11-7-8/h5-7,9,11H,2-4H2,1H3,(H,12,13). The van der Waals surface area contributed by atoms with Crippen molar-refractivity contribution < 1.29 is 9.90 Å². The van der Waals surface area contributed by atoms with Gasteiger partial charge in [-0.3, -0.25) is 0 Å². The third-order valence-corrected chi connectivity index (χ3v) is 2.04. The average Bonchev–Trinajstić information content (AvgIpc) is 2.15. The van der Waals surface area contributed by atoms with E-state index < -0.39 is 12.0 Å². The van der Waals surface area contributed by atoms with Gasteiger partial charge in [0.15, 0.2) is 0 Å². The molecule has 13 heavy (non-hydrogen) atoms. The number of carbonyl (C=O) groups is 1. The van der Waals surface area contributed by atoms with Crippen LogP contribution in [0, 0.1) is 0 Å². The van der Waals surface area contributed by atoms with E-state index in [4.69, 9.17) is 5.11 Å². The van der Waals surface area contributed by atoms with E-state index in [1.165, 1.54) is 5.57 Å². The second-order valence-electron chi connectivity index (χ2n) is 3.16. The maximum absolute atomic E-state index is 10.5. The van der Waals surface area contributed by atoms with Gasteiger partial charge in [-0.2, -0.15) is 0 Å². The topological polar surface area (TPSA) is 49.3 Å². The molecule has 0 radical (unpaired) electrons. The number of carboxylic acid groups (broad SMARTS) is 1. The molecule has 0 amide bonds. The lowest BCUT2D eigenvalue weighted by molar-refractivity contribution is -0.137. The Morgan fingerprint density at radius 3 is 2.92 bits per heavy atom. The number of rotatable bonds is 4. The van der Waals surface area contributed by atoms with Gasteiger partial charge in [-0.1, -0.05) is 25.5 Å². The molecule has 0 aromatic heterocycles. The van der Waals surface area contributed by atoms with Crippen molar-refractivity contribution in [3.05, 3.63) is 23.9 Å². The quantitative estimate of drug-likeness (QED) is 0.693. The fourth-order valence-corrected chi connectivity index (χ4v) is 1.21. The number of unbranched alkanes of at least 4 members (excludes halogenated alkanes) is 1. The first-order chi connectivity index (χ1) is 6.24. The molecule has 1 heterocycles. The Hall–Kier alpha value is -1.25. The van der Waals surface area contributed by atoms with Gasteiger partial charge >= 0.3 is 5.97 Å². The molecule has 0 spiro atoms. The Kier molecular flexibility index (Phi) is 3.55. The summed E-state index contributed by atoms with van der Waals surface area (Å²) in [5, 5.41) is 11.5. The SMILES string of the molecule is CCCCC1=CNC(C(=O)O)C=C1. The number of allylic oxidation sites excluding steroid dienone is 2. The molecule has 0 saturated carbocycles. The Morgan fingerprint density at radius 1 is 1.69 bits per heavy atom. The molecule has 1 aliphatic rings. The van der Waals surface area contributed by atoms with E-state index >= 15 is 0 Å². The molecule has 0 bridgehead atoms. The van der Waals surface area contributed by atoms with E-state index in [0.29, 0.717) is 0 Å². The molecule has 3 heteroatoms. The van der Waals surface area contributed by atoms with Crippen LogP contribution >= 0.6 is 0 Å². The molecule has 0 aromatic rings. The summed E-state index contributed by atoms with van der Waals surface area (Å²) in [7, 11) is 0.